The summed E-state index contributed by atoms with van der Waals surface area (Å²) in [4.78, 5) is 21.8. The molecular formula is C12H17F3N2O2. The lowest BCUT2D eigenvalue weighted by Gasteiger charge is -2.08. The molecule has 108 valence electrons. The number of carbonyl (C=O) groups excluding carboxylic acids is 2. The highest BCUT2D eigenvalue weighted by Crippen LogP contribution is 2.35. The van der Waals surface area contributed by atoms with Crippen LogP contribution in [0.15, 0.2) is 11.6 Å². The van der Waals surface area contributed by atoms with Crippen LogP contribution in [-0.4, -0.2) is 31.1 Å². The van der Waals surface area contributed by atoms with Crippen LogP contribution in [0.4, 0.5) is 13.2 Å². The molecule has 1 saturated carbocycles. The average molecular weight is 278 g/mol. The van der Waals surface area contributed by atoms with E-state index in [-0.39, 0.29) is 25.4 Å². The van der Waals surface area contributed by atoms with Gasteiger partial charge in [-0.2, -0.15) is 13.2 Å². The van der Waals surface area contributed by atoms with E-state index >= 15 is 0 Å². The third kappa shape index (κ3) is 6.26. The molecule has 0 aromatic rings. The number of halogens is 3. The van der Waals surface area contributed by atoms with Crippen molar-refractivity contribution in [2.75, 3.05) is 13.1 Å². The van der Waals surface area contributed by atoms with Crippen molar-refractivity contribution in [2.45, 2.75) is 32.4 Å². The molecule has 0 aliphatic heterocycles. The molecule has 0 saturated heterocycles. The lowest BCUT2D eigenvalue weighted by molar-refractivity contribution is -0.173. The molecule has 0 spiro atoms. The Kier molecular flexibility index (Phi) is 5.38. The predicted molar refractivity (Wildman–Crippen MR) is 63.2 cm³/mol. The van der Waals surface area contributed by atoms with Gasteiger partial charge in [-0.15, -0.1) is 0 Å². The molecule has 1 rings (SSSR count). The second-order valence-corrected chi connectivity index (χ2v) is 4.56. The quantitative estimate of drug-likeness (QED) is 0.572. The van der Waals surface area contributed by atoms with Crippen molar-refractivity contribution in [3.8, 4) is 0 Å². The Morgan fingerprint density at radius 1 is 1.21 bits per heavy atom. The average Bonchev–Trinajstić information content (AvgIpc) is 3.10. The SMILES string of the molecule is C/C(=C\C(=O)NCCCNC(=O)C(F)(F)F)C1CC1. The van der Waals surface area contributed by atoms with Gasteiger partial charge < -0.3 is 10.6 Å². The number of allylic oxidation sites excluding steroid dienone is 1. The molecule has 4 nitrogen and oxygen atoms in total. The first-order valence-corrected chi connectivity index (χ1v) is 6.11. The van der Waals surface area contributed by atoms with Gasteiger partial charge in [-0.3, -0.25) is 9.59 Å². The topological polar surface area (TPSA) is 58.2 Å². The van der Waals surface area contributed by atoms with E-state index in [0.29, 0.717) is 5.92 Å². The van der Waals surface area contributed by atoms with Crippen LogP contribution in [-0.2, 0) is 9.59 Å². The van der Waals surface area contributed by atoms with Gasteiger partial charge in [0.2, 0.25) is 5.91 Å². The van der Waals surface area contributed by atoms with Gasteiger partial charge in [0.05, 0.1) is 0 Å². The van der Waals surface area contributed by atoms with E-state index in [1.54, 1.807) is 5.32 Å². The number of hydrogen-bond donors (Lipinski definition) is 2. The Morgan fingerprint density at radius 2 is 1.79 bits per heavy atom. The number of carbonyl (C=O) groups is 2. The Labute approximate surface area is 109 Å². The van der Waals surface area contributed by atoms with E-state index in [0.717, 1.165) is 18.4 Å². The zero-order chi connectivity index (χ0) is 14.5. The molecule has 0 bridgehead atoms. The summed E-state index contributed by atoms with van der Waals surface area (Å²) < 4.78 is 35.5. The molecule has 1 aliphatic rings. The van der Waals surface area contributed by atoms with Gasteiger partial charge in [0.15, 0.2) is 0 Å². The van der Waals surface area contributed by atoms with Crippen molar-refractivity contribution in [2.24, 2.45) is 5.92 Å². The van der Waals surface area contributed by atoms with Crippen LogP contribution in [0.3, 0.4) is 0 Å². The number of alkyl halides is 3. The van der Waals surface area contributed by atoms with Crippen LogP contribution in [0.2, 0.25) is 0 Å². The third-order valence-corrected chi connectivity index (χ3v) is 2.78. The van der Waals surface area contributed by atoms with Crippen LogP contribution in [0, 0.1) is 5.92 Å². The van der Waals surface area contributed by atoms with Gasteiger partial charge in [-0.1, -0.05) is 5.57 Å². The summed E-state index contributed by atoms with van der Waals surface area (Å²) in [5, 5.41) is 4.30. The van der Waals surface area contributed by atoms with E-state index in [1.165, 1.54) is 6.08 Å². The van der Waals surface area contributed by atoms with Gasteiger partial charge in [0, 0.05) is 19.2 Å². The summed E-state index contributed by atoms with van der Waals surface area (Å²) in [6.07, 6.45) is -0.860. The van der Waals surface area contributed by atoms with Crippen molar-refractivity contribution in [3.05, 3.63) is 11.6 Å². The Hall–Kier alpha value is -1.53. The number of rotatable bonds is 6. The van der Waals surface area contributed by atoms with Crippen molar-refractivity contribution >= 4 is 11.8 Å². The van der Waals surface area contributed by atoms with Crippen molar-refractivity contribution in [3.63, 3.8) is 0 Å². The normalized spacial score (nSPS) is 16.1. The third-order valence-electron chi connectivity index (χ3n) is 2.78. The fraction of sp³-hybridized carbons (Fsp3) is 0.667. The van der Waals surface area contributed by atoms with Crippen molar-refractivity contribution in [1.29, 1.82) is 0 Å². The minimum atomic E-state index is -4.85. The van der Waals surface area contributed by atoms with Crippen LogP contribution in [0.1, 0.15) is 26.2 Å². The van der Waals surface area contributed by atoms with E-state index in [9.17, 15) is 22.8 Å². The van der Waals surface area contributed by atoms with Gasteiger partial charge in [0.25, 0.3) is 0 Å². The highest BCUT2D eigenvalue weighted by atomic mass is 19.4. The molecule has 7 heteroatoms. The molecule has 0 radical (unpaired) electrons. The minimum Gasteiger partial charge on any atom is -0.352 e. The summed E-state index contributed by atoms with van der Waals surface area (Å²) in [6.45, 7) is 2.00. The van der Waals surface area contributed by atoms with Gasteiger partial charge in [-0.05, 0) is 32.1 Å². The second kappa shape index (κ2) is 6.58. The summed E-state index contributed by atoms with van der Waals surface area (Å²) in [6, 6.07) is 0. The van der Waals surface area contributed by atoms with Crippen molar-refractivity contribution < 1.29 is 22.8 Å². The molecule has 0 heterocycles. The Morgan fingerprint density at radius 3 is 2.32 bits per heavy atom. The molecule has 0 atom stereocenters. The Balaban J connectivity index is 2.09. The van der Waals surface area contributed by atoms with E-state index in [1.807, 2.05) is 6.92 Å². The van der Waals surface area contributed by atoms with Crippen LogP contribution in [0.5, 0.6) is 0 Å². The molecule has 0 aromatic carbocycles. The minimum absolute atomic E-state index is 0.121. The van der Waals surface area contributed by atoms with Crippen LogP contribution < -0.4 is 10.6 Å². The molecule has 2 amide bonds. The summed E-state index contributed by atoms with van der Waals surface area (Å²) in [5.41, 5.74) is 1.03. The maximum atomic E-state index is 11.8. The van der Waals surface area contributed by atoms with Crippen molar-refractivity contribution in [1.82, 2.24) is 10.6 Å². The van der Waals surface area contributed by atoms with Gasteiger partial charge in [0.1, 0.15) is 0 Å². The molecule has 19 heavy (non-hydrogen) atoms. The fourth-order valence-electron chi connectivity index (χ4n) is 1.52. The molecular weight excluding hydrogens is 261 g/mol. The standard InChI is InChI=1S/C12H17F3N2O2/c1-8(9-3-4-9)7-10(18)16-5-2-6-17-11(19)12(13,14)15/h7,9H,2-6H2,1H3,(H,16,18)(H,17,19)/b8-7+. The molecule has 2 N–H and O–H groups in total. The number of nitrogens with one attached hydrogen (secondary N) is 2. The fourth-order valence-corrected chi connectivity index (χ4v) is 1.52. The maximum absolute atomic E-state index is 11.8. The Bertz CT molecular complexity index is 374. The summed E-state index contributed by atoms with van der Waals surface area (Å²) in [7, 11) is 0. The monoisotopic (exact) mass is 278 g/mol. The molecule has 0 unspecified atom stereocenters. The molecule has 1 aliphatic carbocycles. The first-order valence-electron chi connectivity index (χ1n) is 6.11. The highest BCUT2D eigenvalue weighted by molar-refractivity contribution is 5.88. The zero-order valence-electron chi connectivity index (χ0n) is 10.6. The number of hydrogen-bond acceptors (Lipinski definition) is 2. The summed E-state index contributed by atoms with van der Waals surface area (Å²) >= 11 is 0. The first kappa shape index (κ1) is 15.5. The van der Waals surface area contributed by atoms with E-state index in [4.69, 9.17) is 0 Å². The predicted octanol–water partition coefficient (Wildman–Crippen LogP) is 1.53. The molecule has 0 aromatic heterocycles. The van der Waals surface area contributed by atoms with E-state index in [2.05, 4.69) is 5.32 Å². The summed E-state index contributed by atoms with van der Waals surface area (Å²) in [5.74, 6) is -1.69. The largest absolute Gasteiger partial charge is 0.471 e. The van der Waals surface area contributed by atoms with Gasteiger partial charge >= 0.3 is 12.1 Å². The van der Waals surface area contributed by atoms with E-state index < -0.39 is 12.1 Å². The second-order valence-electron chi connectivity index (χ2n) is 4.56. The molecule has 1 fully saturated rings. The highest BCUT2D eigenvalue weighted by Gasteiger charge is 2.38. The number of amides is 2. The van der Waals surface area contributed by atoms with Crippen LogP contribution in [0.25, 0.3) is 0 Å². The lowest BCUT2D eigenvalue weighted by atomic mass is 10.2. The van der Waals surface area contributed by atoms with Crippen LogP contribution >= 0.6 is 0 Å². The lowest BCUT2D eigenvalue weighted by Crippen LogP contribution is -2.38. The maximum Gasteiger partial charge on any atom is 0.471 e. The zero-order valence-corrected chi connectivity index (χ0v) is 10.6. The van der Waals surface area contributed by atoms with Gasteiger partial charge in [-0.25, -0.2) is 0 Å². The smallest absolute Gasteiger partial charge is 0.352 e. The first-order chi connectivity index (χ1) is 8.80.